The lowest BCUT2D eigenvalue weighted by Gasteiger charge is -2.06. The average Bonchev–Trinajstić information content (AvgIpc) is 2.28. The van der Waals surface area contributed by atoms with Crippen LogP contribution in [-0.2, 0) is 10.1 Å². The molecule has 0 aliphatic rings. The van der Waals surface area contributed by atoms with E-state index < -0.39 is 10.1 Å². The van der Waals surface area contributed by atoms with Gasteiger partial charge >= 0.3 is 10.1 Å². The van der Waals surface area contributed by atoms with Crippen LogP contribution in [0.4, 0.5) is 0 Å². The third kappa shape index (κ3) is 2.87. The van der Waals surface area contributed by atoms with Crippen LogP contribution in [0.2, 0.25) is 0 Å². The summed E-state index contributed by atoms with van der Waals surface area (Å²) in [7, 11) is -3.82. The van der Waals surface area contributed by atoms with Gasteiger partial charge in [0.25, 0.3) is 0 Å². The lowest BCUT2D eigenvalue weighted by molar-refractivity contribution is 0.475. The van der Waals surface area contributed by atoms with Crippen LogP contribution in [-0.4, -0.2) is 13.4 Å². The molecule has 94 valence electrons. The Kier molecular flexibility index (Phi) is 3.34. The summed E-state index contributed by atoms with van der Waals surface area (Å²) in [6.45, 7) is 3.59. The molecular formula is C13H13NO3S. The molecule has 5 heteroatoms. The van der Waals surface area contributed by atoms with Gasteiger partial charge in [0.15, 0.2) is 0 Å². The van der Waals surface area contributed by atoms with E-state index in [1.165, 1.54) is 12.1 Å². The summed E-state index contributed by atoms with van der Waals surface area (Å²) in [6, 6.07) is 11.5. The van der Waals surface area contributed by atoms with E-state index in [1.54, 1.807) is 31.2 Å². The lowest BCUT2D eigenvalue weighted by Crippen LogP contribution is -2.10. The topological polar surface area (TPSA) is 56.3 Å². The highest BCUT2D eigenvalue weighted by Gasteiger charge is 2.17. The second-order valence-corrected chi connectivity index (χ2v) is 5.52. The summed E-state index contributed by atoms with van der Waals surface area (Å²) in [5.74, 6) is 0.0801. The van der Waals surface area contributed by atoms with Gasteiger partial charge in [0.1, 0.15) is 4.90 Å². The van der Waals surface area contributed by atoms with Crippen molar-refractivity contribution in [1.29, 1.82) is 0 Å². The van der Waals surface area contributed by atoms with Crippen LogP contribution in [0.5, 0.6) is 5.88 Å². The van der Waals surface area contributed by atoms with E-state index in [2.05, 4.69) is 4.98 Å². The molecule has 0 amide bonds. The van der Waals surface area contributed by atoms with Crippen molar-refractivity contribution in [1.82, 2.24) is 4.98 Å². The van der Waals surface area contributed by atoms with E-state index in [-0.39, 0.29) is 10.8 Å². The molecule has 0 saturated carbocycles. The maximum atomic E-state index is 12.0. The molecule has 0 radical (unpaired) electrons. The van der Waals surface area contributed by atoms with Gasteiger partial charge in [-0.2, -0.15) is 8.42 Å². The van der Waals surface area contributed by atoms with Gasteiger partial charge in [-0.15, -0.1) is 0 Å². The van der Waals surface area contributed by atoms with Crippen LogP contribution >= 0.6 is 0 Å². The molecule has 1 heterocycles. The van der Waals surface area contributed by atoms with E-state index in [1.807, 2.05) is 13.0 Å². The monoisotopic (exact) mass is 263 g/mol. The fourth-order valence-corrected chi connectivity index (χ4v) is 2.49. The highest BCUT2D eigenvalue weighted by molar-refractivity contribution is 7.87. The van der Waals surface area contributed by atoms with E-state index in [4.69, 9.17) is 4.18 Å². The minimum Gasteiger partial charge on any atom is -0.358 e. The van der Waals surface area contributed by atoms with E-state index in [9.17, 15) is 8.42 Å². The highest BCUT2D eigenvalue weighted by atomic mass is 32.2. The summed E-state index contributed by atoms with van der Waals surface area (Å²) in [5.41, 5.74) is 1.56. The molecule has 0 N–H and O–H groups in total. The van der Waals surface area contributed by atoms with Crippen molar-refractivity contribution < 1.29 is 12.6 Å². The molecule has 0 aliphatic heterocycles. The summed E-state index contributed by atoms with van der Waals surface area (Å²) < 4.78 is 29.0. The molecule has 0 saturated heterocycles. The van der Waals surface area contributed by atoms with Gasteiger partial charge in [-0.25, -0.2) is 4.98 Å². The van der Waals surface area contributed by atoms with Crippen molar-refractivity contribution in [3.05, 3.63) is 53.7 Å². The van der Waals surface area contributed by atoms with Crippen LogP contribution < -0.4 is 4.18 Å². The molecule has 2 rings (SSSR count). The smallest absolute Gasteiger partial charge is 0.340 e. The average molecular weight is 263 g/mol. The SMILES string of the molecule is Cc1cccc(S(=O)(=O)Oc2cccc(C)n2)c1. The first kappa shape index (κ1) is 12.6. The van der Waals surface area contributed by atoms with Crippen molar-refractivity contribution in [2.45, 2.75) is 18.7 Å². The second kappa shape index (κ2) is 4.78. The zero-order valence-corrected chi connectivity index (χ0v) is 10.9. The lowest BCUT2D eigenvalue weighted by atomic mass is 10.2. The quantitative estimate of drug-likeness (QED) is 0.798. The zero-order chi connectivity index (χ0) is 13.2. The Bertz CT molecular complexity index is 665. The molecule has 0 fully saturated rings. The fraction of sp³-hybridized carbons (Fsp3) is 0.154. The predicted octanol–water partition coefficient (Wildman–Crippen LogP) is 2.47. The molecule has 1 aromatic carbocycles. The van der Waals surface area contributed by atoms with Crippen LogP contribution in [0.25, 0.3) is 0 Å². The Labute approximate surface area is 106 Å². The summed E-state index contributed by atoms with van der Waals surface area (Å²) >= 11 is 0. The fourth-order valence-electron chi connectivity index (χ4n) is 1.50. The van der Waals surface area contributed by atoms with Gasteiger partial charge in [0.2, 0.25) is 5.88 Å². The molecule has 18 heavy (non-hydrogen) atoms. The molecule has 0 unspecified atom stereocenters. The van der Waals surface area contributed by atoms with Crippen molar-refractivity contribution in [3.8, 4) is 5.88 Å². The van der Waals surface area contributed by atoms with Crippen molar-refractivity contribution in [2.24, 2.45) is 0 Å². The van der Waals surface area contributed by atoms with Crippen molar-refractivity contribution >= 4 is 10.1 Å². The normalized spacial score (nSPS) is 11.2. The van der Waals surface area contributed by atoms with Gasteiger partial charge in [-0.05, 0) is 37.6 Å². The number of rotatable bonds is 3. The number of aryl methyl sites for hydroxylation is 2. The van der Waals surface area contributed by atoms with Crippen molar-refractivity contribution in [2.75, 3.05) is 0 Å². The van der Waals surface area contributed by atoms with E-state index in [0.717, 1.165) is 5.56 Å². The molecule has 0 atom stereocenters. The number of hydrogen-bond donors (Lipinski definition) is 0. The minimum atomic E-state index is -3.82. The molecule has 0 spiro atoms. The third-order valence-electron chi connectivity index (χ3n) is 2.34. The largest absolute Gasteiger partial charge is 0.358 e. The molecular weight excluding hydrogens is 250 g/mol. The standard InChI is InChI=1S/C13H13NO3S/c1-10-5-3-7-12(9-10)18(15,16)17-13-8-4-6-11(2)14-13/h3-9H,1-2H3. The summed E-state index contributed by atoms with van der Waals surface area (Å²) in [4.78, 5) is 4.14. The minimum absolute atomic E-state index is 0.0801. The Balaban J connectivity index is 2.33. The maximum absolute atomic E-state index is 12.0. The van der Waals surface area contributed by atoms with Crippen LogP contribution in [0.3, 0.4) is 0 Å². The Hall–Kier alpha value is -1.88. The van der Waals surface area contributed by atoms with Gasteiger partial charge in [0.05, 0.1) is 0 Å². The van der Waals surface area contributed by atoms with Crippen LogP contribution in [0.15, 0.2) is 47.4 Å². The van der Waals surface area contributed by atoms with Gasteiger partial charge < -0.3 is 4.18 Å². The molecule has 2 aromatic rings. The maximum Gasteiger partial charge on any atom is 0.340 e. The third-order valence-corrected chi connectivity index (χ3v) is 3.56. The summed E-state index contributed by atoms with van der Waals surface area (Å²) in [5, 5.41) is 0. The van der Waals surface area contributed by atoms with Crippen LogP contribution in [0, 0.1) is 13.8 Å². The first-order chi connectivity index (χ1) is 8.47. The second-order valence-electron chi connectivity index (χ2n) is 3.97. The van der Waals surface area contributed by atoms with E-state index in [0.29, 0.717) is 5.69 Å². The molecule has 4 nitrogen and oxygen atoms in total. The summed E-state index contributed by atoms with van der Waals surface area (Å²) in [6.07, 6.45) is 0. The first-order valence-electron chi connectivity index (χ1n) is 5.42. The molecule has 0 bridgehead atoms. The van der Waals surface area contributed by atoms with Crippen LogP contribution in [0.1, 0.15) is 11.3 Å². The molecule has 1 aromatic heterocycles. The van der Waals surface area contributed by atoms with Crippen molar-refractivity contribution in [3.63, 3.8) is 0 Å². The Morgan fingerprint density at radius 3 is 2.44 bits per heavy atom. The van der Waals surface area contributed by atoms with Gasteiger partial charge in [-0.1, -0.05) is 18.2 Å². The number of nitrogens with zero attached hydrogens (tertiary/aromatic N) is 1. The number of aromatic nitrogens is 1. The van der Waals surface area contributed by atoms with Gasteiger partial charge in [0, 0.05) is 11.8 Å². The number of hydrogen-bond acceptors (Lipinski definition) is 4. The number of benzene rings is 1. The highest BCUT2D eigenvalue weighted by Crippen LogP contribution is 2.17. The first-order valence-corrected chi connectivity index (χ1v) is 6.83. The predicted molar refractivity (Wildman–Crippen MR) is 68.0 cm³/mol. The van der Waals surface area contributed by atoms with E-state index >= 15 is 0 Å². The zero-order valence-electron chi connectivity index (χ0n) is 10.1. The Morgan fingerprint density at radius 2 is 1.78 bits per heavy atom. The Morgan fingerprint density at radius 1 is 1.06 bits per heavy atom. The number of pyridine rings is 1. The molecule has 0 aliphatic carbocycles. The van der Waals surface area contributed by atoms with Gasteiger partial charge in [-0.3, -0.25) is 0 Å².